The fourth-order valence-electron chi connectivity index (χ4n) is 3.82. The Morgan fingerprint density at radius 1 is 1.08 bits per heavy atom. The van der Waals surface area contributed by atoms with E-state index in [4.69, 9.17) is 9.16 Å². The minimum absolute atomic E-state index is 0.0684. The molecule has 1 aromatic carbocycles. The third kappa shape index (κ3) is 7.40. The summed E-state index contributed by atoms with van der Waals surface area (Å²) in [5.41, 5.74) is 0.735. The number of nitrogens with zero attached hydrogens (tertiary/aromatic N) is 2. The normalized spacial score (nSPS) is 17.6. The van der Waals surface area contributed by atoms with Crippen LogP contribution in [0.2, 0.25) is 18.1 Å². The Labute approximate surface area is 223 Å². The van der Waals surface area contributed by atoms with Gasteiger partial charge in [0.05, 0.1) is 17.2 Å². The van der Waals surface area contributed by atoms with E-state index in [1.54, 1.807) is 67.5 Å². The van der Waals surface area contributed by atoms with Gasteiger partial charge >= 0.3 is 6.09 Å². The van der Waals surface area contributed by atoms with E-state index in [-0.39, 0.29) is 16.0 Å². The molecule has 0 bridgehead atoms. The van der Waals surface area contributed by atoms with Crippen LogP contribution in [0.5, 0.6) is 0 Å². The highest BCUT2D eigenvalue weighted by Crippen LogP contribution is 2.37. The number of amides is 1. The molecule has 3 rings (SSSR count). The van der Waals surface area contributed by atoms with Crippen LogP contribution in [0.15, 0.2) is 47.4 Å². The average molecular weight is 548 g/mol. The summed E-state index contributed by atoms with van der Waals surface area (Å²) in [6.45, 7) is 17.2. The molecule has 0 aliphatic carbocycles. The van der Waals surface area contributed by atoms with Gasteiger partial charge in [0.2, 0.25) is 10.0 Å². The summed E-state index contributed by atoms with van der Waals surface area (Å²) in [4.78, 5) is 16.8. The van der Waals surface area contributed by atoms with E-state index in [2.05, 4.69) is 44.2 Å². The fraction of sp³-hybridized carbons (Fsp3) is 0.556. The molecule has 0 radical (unpaired) electrons. The molecule has 0 saturated carbocycles. The summed E-state index contributed by atoms with van der Waals surface area (Å²) in [7, 11) is -5.63. The molecule has 8 nitrogen and oxygen atoms in total. The van der Waals surface area contributed by atoms with Crippen LogP contribution in [0.3, 0.4) is 0 Å². The van der Waals surface area contributed by atoms with Crippen molar-refractivity contribution in [3.63, 3.8) is 0 Å². The Kier molecular flexibility index (Phi) is 8.58. The van der Waals surface area contributed by atoms with Crippen molar-refractivity contribution >= 4 is 30.3 Å². The van der Waals surface area contributed by atoms with E-state index < -0.39 is 30.0 Å². The van der Waals surface area contributed by atoms with Crippen LogP contribution in [0.25, 0.3) is 11.3 Å². The van der Waals surface area contributed by atoms with Crippen LogP contribution in [0.4, 0.5) is 10.6 Å². The molecule has 1 fully saturated rings. The largest absolute Gasteiger partial charge is 0.444 e. The van der Waals surface area contributed by atoms with Gasteiger partial charge in [-0.05, 0) is 76.0 Å². The molecule has 37 heavy (non-hydrogen) atoms. The molecule has 1 atom stereocenters. The second-order valence-electron chi connectivity index (χ2n) is 12.0. The highest BCUT2D eigenvalue weighted by molar-refractivity contribution is 7.89. The molecule has 2 aromatic rings. The number of hydrogen-bond donors (Lipinski definition) is 1. The van der Waals surface area contributed by atoms with Gasteiger partial charge in [0, 0.05) is 18.2 Å². The molecule has 1 N–H and O–H groups in total. The maximum atomic E-state index is 13.5. The lowest BCUT2D eigenvalue weighted by Gasteiger charge is -2.37. The maximum absolute atomic E-state index is 13.5. The van der Waals surface area contributed by atoms with E-state index in [9.17, 15) is 13.2 Å². The van der Waals surface area contributed by atoms with Crippen LogP contribution < -0.4 is 5.32 Å². The minimum Gasteiger partial charge on any atom is -0.444 e. The van der Waals surface area contributed by atoms with Crippen molar-refractivity contribution in [3.05, 3.63) is 42.5 Å². The van der Waals surface area contributed by atoms with Crippen molar-refractivity contribution < 1.29 is 22.4 Å². The van der Waals surface area contributed by atoms with Gasteiger partial charge in [-0.15, -0.1) is 0 Å². The molecular formula is C27H41N3O5SSi. The third-order valence-electron chi connectivity index (χ3n) is 6.90. The third-order valence-corrected chi connectivity index (χ3v) is 13.4. The van der Waals surface area contributed by atoms with Crippen molar-refractivity contribution in [1.82, 2.24) is 9.29 Å². The van der Waals surface area contributed by atoms with Gasteiger partial charge in [0.1, 0.15) is 11.4 Å². The quantitative estimate of drug-likeness (QED) is 0.410. The van der Waals surface area contributed by atoms with Crippen LogP contribution in [0.1, 0.15) is 54.4 Å². The Morgan fingerprint density at radius 2 is 1.73 bits per heavy atom. The number of carbonyl (C=O) groups is 1. The summed E-state index contributed by atoms with van der Waals surface area (Å²) in [6, 6.07) is 11.8. The van der Waals surface area contributed by atoms with E-state index >= 15 is 0 Å². The summed E-state index contributed by atoms with van der Waals surface area (Å²) < 4.78 is 40.3. The highest BCUT2D eigenvalue weighted by Gasteiger charge is 2.40. The molecule has 1 amide bonds. The molecule has 1 aromatic heterocycles. The Morgan fingerprint density at radius 3 is 2.32 bits per heavy atom. The molecule has 2 heterocycles. The van der Waals surface area contributed by atoms with Crippen molar-refractivity contribution in [2.24, 2.45) is 0 Å². The number of pyridine rings is 1. The standard InChI is InChI=1S/C27H41N3O5SSi/c1-26(2,3)35-25(31)29-24-13-9-12-23(28-24)20-14-16-22(17-15-20)36(32,33)30-18-10-11-21(30)19-34-37(7,8)27(4,5)6/h9,12-17,21H,10-11,18-19H2,1-8H3,(H,28,29,31)/t21-/m1/s1. The lowest BCUT2D eigenvalue weighted by atomic mass is 10.1. The Hall–Kier alpha value is -2.27. The van der Waals surface area contributed by atoms with Crippen LogP contribution in [-0.2, 0) is 19.2 Å². The summed E-state index contributed by atoms with van der Waals surface area (Å²) in [5.74, 6) is 0.352. The van der Waals surface area contributed by atoms with Crippen molar-refractivity contribution in [2.75, 3.05) is 18.5 Å². The number of sulfonamides is 1. The maximum Gasteiger partial charge on any atom is 0.413 e. The SMILES string of the molecule is CC(C)(C)OC(=O)Nc1cccc(-c2ccc(S(=O)(=O)N3CCC[C@@H]3CO[Si](C)(C)C(C)(C)C)cc2)n1. The monoisotopic (exact) mass is 547 g/mol. The van der Waals surface area contributed by atoms with Gasteiger partial charge in [0.25, 0.3) is 0 Å². The second kappa shape index (κ2) is 10.8. The number of anilines is 1. The molecular weight excluding hydrogens is 506 g/mol. The first-order valence-electron chi connectivity index (χ1n) is 12.7. The fourth-order valence-corrected chi connectivity index (χ4v) is 6.54. The van der Waals surface area contributed by atoms with Crippen molar-refractivity contribution in [3.8, 4) is 11.3 Å². The van der Waals surface area contributed by atoms with E-state index in [1.807, 2.05) is 0 Å². The van der Waals surface area contributed by atoms with Crippen molar-refractivity contribution in [1.29, 1.82) is 0 Å². The van der Waals surface area contributed by atoms with Gasteiger partial charge in [-0.1, -0.05) is 39.0 Å². The number of nitrogens with one attached hydrogen (secondary N) is 1. The zero-order valence-corrected chi connectivity index (χ0v) is 25.1. The number of benzene rings is 1. The Bertz CT molecular complexity index is 1200. The summed E-state index contributed by atoms with van der Waals surface area (Å²) >= 11 is 0. The predicted molar refractivity (Wildman–Crippen MR) is 150 cm³/mol. The van der Waals surface area contributed by atoms with Crippen LogP contribution >= 0.6 is 0 Å². The lowest BCUT2D eigenvalue weighted by molar-refractivity contribution is 0.0635. The number of rotatable bonds is 7. The van der Waals surface area contributed by atoms with Gasteiger partial charge < -0.3 is 9.16 Å². The second-order valence-corrected chi connectivity index (χ2v) is 18.7. The molecule has 204 valence electrons. The van der Waals surface area contributed by atoms with E-state index in [0.29, 0.717) is 24.7 Å². The zero-order valence-electron chi connectivity index (χ0n) is 23.3. The van der Waals surface area contributed by atoms with Gasteiger partial charge in [-0.2, -0.15) is 4.31 Å². The molecule has 1 aliphatic heterocycles. The Balaban J connectivity index is 1.73. The lowest BCUT2D eigenvalue weighted by Crippen LogP contribution is -2.45. The molecule has 0 unspecified atom stereocenters. The smallest absolute Gasteiger partial charge is 0.413 e. The average Bonchev–Trinajstić information content (AvgIpc) is 3.26. The topological polar surface area (TPSA) is 97.8 Å². The first-order chi connectivity index (χ1) is 17.0. The van der Waals surface area contributed by atoms with E-state index in [0.717, 1.165) is 18.4 Å². The minimum atomic E-state index is -3.66. The van der Waals surface area contributed by atoms with Crippen LogP contribution in [0, 0.1) is 0 Å². The first kappa shape index (κ1) is 29.3. The predicted octanol–water partition coefficient (Wildman–Crippen LogP) is 6.27. The number of hydrogen-bond acceptors (Lipinski definition) is 6. The van der Waals surface area contributed by atoms with Gasteiger partial charge in [0.15, 0.2) is 8.32 Å². The number of aromatic nitrogens is 1. The zero-order chi connectivity index (χ0) is 27.6. The summed E-state index contributed by atoms with van der Waals surface area (Å²) in [6.07, 6.45) is 1.04. The summed E-state index contributed by atoms with van der Waals surface area (Å²) in [5, 5.41) is 2.70. The number of ether oxygens (including phenoxy) is 1. The number of carbonyl (C=O) groups excluding carboxylic acids is 1. The van der Waals surface area contributed by atoms with E-state index in [1.165, 1.54) is 0 Å². The molecule has 1 saturated heterocycles. The first-order valence-corrected chi connectivity index (χ1v) is 17.1. The highest BCUT2D eigenvalue weighted by atomic mass is 32.2. The molecule has 0 spiro atoms. The van der Waals surface area contributed by atoms with Gasteiger partial charge in [-0.3, -0.25) is 5.32 Å². The van der Waals surface area contributed by atoms with Crippen LogP contribution in [-0.4, -0.2) is 56.9 Å². The molecule has 1 aliphatic rings. The van der Waals surface area contributed by atoms with Crippen molar-refractivity contribution in [2.45, 2.75) is 89.1 Å². The van der Waals surface area contributed by atoms with Gasteiger partial charge in [-0.25, -0.2) is 18.2 Å². The molecule has 10 heteroatoms.